The number of amides is 1. The molecule has 0 fully saturated rings. The Bertz CT molecular complexity index is 960. The molecule has 0 bridgehead atoms. The van der Waals surface area contributed by atoms with Crippen molar-refractivity contribution in [3.63, 3.8) is 0 Å². The smallest absolute Gasteiger partial charge is 0.276 e. The Hall–Kier alpha value is -3.33. The lowest BCUT2D eigenvalue weighted by Gasteiger charge is -2.20. The van der Waals surface area contributed by atoms with Gasteiger partial charge in [0.1, 0.15) is 28.7 Å². The number of ether oxygens (including phenoxy) is 4. The molecule has 0 spiro atoms. The van der Waals surface area contributed by atoms with Gasteiger partial charge in [0.05, 0.1) is 27.4 Å². The highest BCUT2D eigenvalue weighted by Crippen LogP contribution is 2.38. The molecule has 2 rings (SSSR count). The number of Topliss-reactive ketones (excluding diaryl/α,β-unsaturated/α-hetero) is 1. The van der Waals surface area contributed by atoms with Crippen molar-refractivity contribution >= 4 is 34.8 Å². The third-order valence-corrected chi connectivity index (χ3v) is 4.59. The molecule has 2 aromatic rings. The predicted molar refractivity (Wildman–Crippen MR) is 121 cm³/mol. The number of benzene rings is 2. The average Bonchev–Trinajstić information content (AvgIpc) is 2.79. The zero-order valence-corrected chi connectivity index (χ0v) is 19.4. The molecule has 0 N–H and O–H groups in total. The Morgan fingerprint density at radius 2 is 1.62 bits per heavy atom. The molecule has 0 heterocycles. The van der Waals surface area contributed by atoms with E-state index in [9.17, 15) is 9.59 Å². The van der Waals surface area contributed by atoms with Crippen molar-refractivity contribution in [1.82, 2.24) is 0 Å². The fraction of sp³-hybridized carbons (Fsp3) is 0.364. The van der Waals surface area contributed by atoms with Gasteiger partial charge in [0.25, 0.3) is 5.91 Å². The molecule has 32 heavy (non-hydrogen) atoms. The van der Waals surface area contributed by atoms with Crippen molar-refractivity contribution in [2.45, 2.75) is 26.8 Å². The number of hydrogen-bond acceptors (Lipinski definition) is 8. The van der Waals surface area contributed by atoms with Gasteiger partial charge in [-0.3, -0.25) is 9.59 Å². The monoisotopic (exact) mass is 463 g/mol. The Labute approximate surface area is 192 Å². The Balaban J connectivity index is 2.42. The first-order valence-corrected chi connectivity index (χ1v) is 10.2. The predicted octanol–water partition coefficient (Wildman–Crippen LogP) is 4.73. The summed E-state index contributed by atoms with van der Waals surface area (Å²) in [5, 5.41) is 8.02. The first-order chi connectivity index (χ1) is 15.4. The van der Waals surface area contributed by atoms with Crippen LogP contribution in [0.25, 0.3) is 0 Å². The molecule has 1 atom stereocenters. The summed E-state index contributed by atoms with van der Waals surface area (Å²) < 4.78 is 22.4. The minimum absolute atomic E-state index is 0.223. The van der Waals surface area contributed by atoms with E-state index in [4.69, 9.17) is 30.7 Å². The summed E-state index contributed by atoms with van der Waals surface area (Å²) in [5.41, 5.74) is 0.465. The van der Waals surface area contributed by atoms with Gasteiger partial charge in [-0.05, 0) is 45.0 Å². The second kappa shape index (κ2) is 11.9. The van der Waals surface area contributed by atoms with Gasteiger partial charge in [-0.1, -0.05) is 6.07 Å². The van der Waals surface area contributed by atoms with Crippen LogP contribution in [0.3, 0.4) is 0 Å². The minimum atomic E-state index is -1.49. The van der Waals surface area contributed by atoms with E-state index in [1.807, 2.05) is 6.92 Å². The Morgan fingerprint density at radius 1 is 1.00 bits per heavy atom. The summed E-state index contributed by atoms with van der Waals surface area (Å²) in [5.74, 6) is 0.236. The van der Waals surface area contributed by atoms with Crippen molar-refractivity contribution in [1.29, 1.82) is 0 Å². The number of rotatable bonds is 11. The number of carbonyl (C=O) groups is 2. The van der Waals surface area contributed by atoms with Crippen LogP contribution in [-0.2, 0) is 9.59 Å². The fourth-order valence-corrected chi connectivity index (χ4v) is 2.99. The summed E-state index contributed by atoms with van der Waals surface area (Å²) in [6.07, 6.45) is 0. The summed E-state index contributed by atoms with van der Waals surface area (Å²) >= 11 is 6.35. The lowest BCUT2D eigenvalue weighted by Crippen LogP contribution is -2.36. The van der Waals surface area contributed by atoms with Crippen molar-refractivity contribution in [2.24, 2.45) is 10.2 Å². The highest BCUT2D eigenvalue weighted by molar-refractivity contribution is 6.39. The lowest BCUT2D eigenvalue weighted by molar-refractivity contribution is -0.126. The molecule has 10 heteroatoms. The third kappa shape index (κ3) is 5.88. The summed E-state index contributed by atoms with van der Waals surface area (Å²) in [6.45, 7) is 5.63. The number of nitrogens with zero attached hydrogens (tertiary/aromatic N) is 3. The van der Waals surface area contributed by atoms with Crippen LogP contribution in [0.1, 0.15) is 20.8 Å². The van der Waals surface area contributed by atoms with E-state index in [0.29, 0.717) is 36.2 Å². The molecule has 1 amide bonds. The molecule has 0 saturated carbocycles. The topological polar surface area (TPSA) is 99.0 Å². The summed E-state index contributed by atoms with van der Waals surface area (Å²) in [4.78, 5) is 25.4. The fourth-order valence-electron chi connectivity index (χ4n) is 2.76. The van der Waals surface area contributed by atoms with Crippen LogP contribution in [0, 0.1) is 0 Å². The maximum Gasteiger partial charge on any atom is 0.276 e. The Morgan fingerprint density at radius 3 is 2.16 bits per heavy atom. The Kier molecular flexibility index (Phi) is 9.27. The van der Waals surface area contributed by atoms with Crippen LogP contribution < -0.4 is 23.4 Å². The molecule has 0 radical (unpaired) electrons. The van der Waals surface area contributed by atoms with Crippen LogP contribution >= 0.6 is 11.8 Å². The van der Waals surface area contributed by atoms with E-state index < -0.39 is 17.7 Å². The number of carbonyl (C=O) groups excluding carboxylic acids is 2. The highest BCUT2D eigenvalue weighted by atomic mass is 35.5. The van der Waals surface area contributed by atoms with Gasteiger partial charge in [-0.15, -0.1) is 5.11 Å². The molecule has 0 saturated heterocycles. The molecular formula is C22H26ClN3O6. The largest absolute Gasteiger partial charge is 0.494 e. The molecule has 0 aliphatic carbocycles. The number of methoxy groups -OCH3 is 2. The first kappa shape index (κ1) is 24.9. The zero-order valence-electron chi connectivity index (χ0n) is 18.6. The zero-order chi connectivity index (χ0) is 23.7. The molecule has 0 aromatic heterocycles. The maximum atomic E-state index is 13.1. The highest BCUT2D eigenvalue weighted by Gasteiger charge is 2.31. The molecule has 172 valence electrons. The number of azo groups is 1. The van der Waals surface area contributed by atoms with Crippen LogP contribution in [0.2, 0.25) is 0 Å². The maximum absolute atomic E-state index is 13.1. The number of anilines is 1. The van der Waals surface area contributed by atoms with E-state index >= 15 is 0 Å². The van der Waals surface area contributed by atoms with Gasteiger partial charge in [-0.2, -0.15) is 5.11 Å². The van der Waals surface area contributed by atoms with Crippen LogP contribution in [0.15, 0.2) is 46.6 Å². The molecule has 9 nitrogen and oxygen atoms in total. The van der Waals surface area contributed by atoms with Crippen molar-refractivity contribution < 1.29 is 28.5 Å². The number of ketones is 1. The SMILES string of the molecule is CCOc1ccc(OCC)c(N(Cl)C(=O)C(N=Nc2c(OC)cccc2OC)C(C)=O)c1. The number of halogens is 1. The lowest BCUT2D eigenvalue weighted by atomic mass is 10.2. The molecule has 0 aliphatic heterocycles. The summed E-state index contributed by atoms with van der Waals surface area (Å²) in [7, 11) is 2.92. The van der Waals surface area contributed by atoms with Gasteiger partial charge in [0.15, 0.2) is 11.5 Å². The second-order valence-electron chi connectivity index (χ2n) is 6.35. The van der Waals surface area contributed by atoms with Crippen molar-refractivity contribution in [2.75, 3.05) is 31.9 Å². The van der Waals surface area contributed by atoms with E-state index in [0.717, 1.165) is 4.42 Å². The van der Waals surface area contributed by atoms with Gasteiger partial charge in [-0.25, -0.2) is 4.42 Å². The van der Waals surface area contributed by atoms with E-state index in [1.165, 1.54) is 21.1 Å². The molecule has 0 aliphatic rings. The minimum Gasteiger partial charge on any atom is -0.494 e. The van der Waals surface area contributed by atoms with Gasteiger partial charge < -0.3 is 18.9 Å². The van der Waals surface area contributed by atoms with Gasteiger partial charge >= 0.3 is 0 Å². The standard InChI is InChI=1S/C22H26ClN3O6/c1-6-31-15-11-12-17(32-7-2)16(13-15)26(23)22(28)20(14(3)27)24-25-21-18(29-4)9-8-10-19(21)30-5/h8-13,20H,6-7H2,1-5H3. The molecular weight excluding hydrogens is 438 g/mol. The van der Waals surface area contributed by atoms with E-state index in [1.54, 1.807) is 43.3 Å². The van der Waals surface area contributed by atoms with Crippen molar-refractivity contribution in [3.8, 4) is 23.0 Å². The van der Waals surface area contributed by atoms with Crippen LogP contribution in [0.4, 0.5) is 11.4 Å². The third-order valence-electron chi connectivity index (χ3n) is 4.24. The van der Waals surface area contributed by atoms with Gasteiger partial charge in [0, 0.05) is 17.8 Å². The van der Waals surface area contributed by atoms with Crippen LogP contribution in [-0.4, -0.2) is 45.2 Å². The van der Waals surface area contributed by atoms with Gasteiger partial charge in [0.2, 0.25) is 6.04 Å². The average molecular weight is 464 g/mol. The second-order valence-corrected chi connectivity index (χ2v) is 6.69. The van der Waals surface area contributed by atoms with Crippen molar-refractivity contribution in [3.05, 3.63) is 36.4 Å². The first-order valence-electron chi connectivity index (χ1n) is 9.89. The molecule has 1 unspecified atom stereocenters. The quantitative estimate of drug-likeness (QED) is 0.271. The van der Waals surface area contributed by atoms with E-state index in [2.05, 4.69) is 10.2 Å². The van der Waals surface area contributed by atoms with Crippen LogP contribution in [0.5, 0.6) is 23.0 Å². The summed E-state index contributed by atoms with van der Waals surface area (Å²) in [6, 6.07) is 8.42. The number of hydrogen-bond donors (Lipinski definition) is 0. The van der Waals surface area contributed by atoms with E-state index in [-0.39, 0.29) is 11.4 Å². The normalized spacial score (nSPS) is 11.7. The molecule has 2 aromatic carbocycles.